The molecule has 1 atom stereocenters. The summed E-state index contributed by atoms with van der Waals surface area (Å²) in [6.45, 7) is 0.988. The molecular formula is C18H19F5N6. The second-order valence-electron chi connectivity index (χ2n) is 7.34. The molecule has 1 unspecified atom stereocenters. The summed E-state index contributed by atoms with van der Waals surface area (Å²) in [6.07, 6.45) is -3.92. The SMILES string of the molecule is CN(c1cc(C(F)(F)F)ncn1)C1CCN(c2cc(C(F)F)nc(C3CC3)n2)C1. The van der Waals surface area contributed by atoms with Gasteiger partial charge in [-0.3, -0.25) is 0 Å². The van der Waals surface area contributed by atoms with Crippen molar-refractivity contribution in [2.45, 2.75) is 43.8 Å². The van der Waals surface area contributed by atoms with Crippen LogP contribution < -0.4 is 9.80 Å². The van der Waals surface area contributed by atoms with Crippen molar-refractivity contribution in [3.63, 3.8) is 0 Å². The molecule has 156 valence electrons. The molecule has 3 heterocycles. The molecule has 0 radical (unpaired) electrons. The van der Waals surface area contributed by atoms with E-state index in [-0.39, 0.29) is 23.5 Å². The minimum atomic E-state index is -4.55. The van der Waals surface area contributed by atoms with E-state index in [4.69, 9.17) is 0 Å². The Hall–Kier alpha value is -2.59. The summed E-state index contributed by atoms with van der Waals surface area (Å²) < 4.78 is 65.2. The molecule has 0 spiro atoms. The van der Waals surface area contributed by atoms with Gasteiger partial charge in [-0.15, -0.1) is 0 Å². The summed E-state index contributed by atoms with van der Waals surface area (Å²) in [4.78, 5) is 19.2. The van der Waals surface area contributed by atoms with Gasteiger partial charge in [0.05, 0.1) is 0 Å². The summed E-state index contributed by atoms with van der Waals surface area (Å²) in [7, 11) is 1.66. The number of rotatable bonds is 5. The van der Waals surface area contributed by atoms with Crippen LogP contribution in [0, 0.1) is 0 Å². The number of likely N-dealkylation sites (N-methyl/N-ethyl adjacent to an activating group) is 1. The maximum absolute atomic E-state index is 13.2. The number of nitrogens with zero attached hydrogens (tertiary/aromatic N) is 6. The van der Waals surface area contributed by atoms with Crippen LogP contribution in [-0.2, 0) is 6.18 Å². The maximum Gasteiger partial charge on any atom is 0.433 e. The lowest BCUT2D eigenvalue weighted by atomic mass is 10.2. The van der Waals surface area contributed by atoms with Crippen molar-refractivity contribution in [1.82, 2.24) is 19.9 Å². The average Bonchev–Trinajstić information content (AvgIpc) is 3.43. The van der Waals surface area contributed by atoms with E-state index in [0.717, 1.165) is 25.2 Å². The standard InChI is InChI=1S/C18H19F5N6/c1-28(14-7-13(18(21,22)23)24-9-25-14)11-4-5-29(8-11)15-6-12(16(19)20)26-17(27-15)10-2-3-10/h6-7,9-11,16H,2-5,8H2,1H3. The molecule has 0 aromatic carbocycles. The Kier molecular flexibility index (Phi) is 4.99. The van der Waals surface area contributed by atoms with Crippen LogP contribution in [0.4, 0.5) is 33.6 Å². The Morgan fingerprint density at radius 1 is 1.10 bits per heavy atom. The Balaban J connectivity index is 1.52. The van der Waals surface area contributed by atoms with Crippen molar-refractivity contribution in [2.75, 3.05) is 29.9 Å². The van der Waals surface area contributed by atoms with Crippen LogP contribution in [0.2, 0.25) is 0 Å². The van der Waals surface area contributed by atoms with E-state index in [9.17, 15) is 22.0 Å². The lowest BCUT2D eigenvalue weighted by molar-refractivity contribution is -0.141. The maximum atomic E-state index is 13.2. The van der Waals surface area contributed by atoms with E-state index in [2.05, 4.69) is 19.9 Å². The van der Waals surface area contributed by atoms with Gasteiger partial charge in [-0.25, -0.2) is 28.7 Å². The molecule has 1 saturated heterocycles. The van der Waals surface area contributed by atoms with Gasteiger partial charge in [0.25, 0.3) is 6.43 Å². The lowest BCUT2D eigenvalue weighted by Gasteiger charge is -2.26. The topological polar surface area (TPSA) is 58.0 Å². The number of hydrogen-bond acceptors (Lipinski definition) is 6. The van der Waals surface area contributed by atoms with Crippen LogP contribution in [0.3, 0.4) is 0 Å². The summed E-state index contributed by atoms with van der Waals surface area (Å²) in [5.41, 5.74) is -1.30. The van der Waals surface area contributed by atoms with Crippen molar-refractivity contribution in [3.8, 4) is 0 Å². The monoisotopic (exact) mass is 414 g/mol. The molecule has 1 aliphatic carbocycles. The zero-order valence-corrected chi connectivity index (χ0v) is 15.6. The van der Waals surface area contributed by atoms with Gasteiger partial charge in [0.2, 0.25) is 0 Å². The van der Waals surface area contributed by atoms with Gasteiger partial charge in [0.15, 0.2) is 0 Å². The summed E-state index contributed by atoms with van der Waals surface area (Å²) in [6, 6.07) is 2.07. The smallest absolute Gasteiger partial charge is 0.355 e. The van der Waals surface area contributed by atoms with E-state index in [1.54, 1.807) is 11.9 Å². The second kappa shape index (κ2) is 7.34. The van der Waals surface area contributed by atoms with Crippen molar-refractivity contribution < 1.29 is 22.0 Å². The van der Waals surface area contributed by atoms with E-state index < -0.39 is 18.3 Å². The molecule has 29 heavy (non-hydrogen) atoms. The first-order chi connectivity index (χ1) is 13.7. The normalized spacial score (nSPS) is 19.8. The zero-order chi connectivity index (χ0) is 20.8. The second-order valence-corrected chi connectivity index (χ2v) is 7.34. The summed E-state index contributed by atoms with van der Waals surface area (Å²) >= 11 is 0. The molecule has 0 N–H and O–H groups in total. The van der Waals surface area contributed by atoms with E-state index >= 15 is 0 Å². The quantitative estimate of drug-likeness (QED) is 0.694. The summed E-state index contributed by atoms with van der Waals surface area (Å²) in [5.74, 6) is 1.18. The Labute approximate surface area is 163 Å². The summed E-state index contributed by atoms with van der Waals surface area (Å²) in [5, 5.41) is 0. The molecule has 2 aliphatic rings. The van der Waals surface area contributed by atoms with Gasteiger partial charge in [-0.1, -0.05) is 0 Å². The van der Waals surface area contributed by atoms with E-state index in [1.807, 2.05) is 4.90 Å². The fourth-order valence-corrected chi connectivity index (χ4v) is 3.42. The molecule has 0 bridgehead atoms. The molecule has 1 aliphatic heterocycles. The van der Waals surface area contributed by atoms with Gasteiger partial charge >= 0.3 is 6.18 Å². The Morgan fingerprint density at radius 3 is 2.52 bits per heavy atom. The van der Waals surface area contributed by atoms with Gasteiger partial charge in [-0.05, 0) is 19.3 Å². The van der Waals surface area contributed by atoms with Crippen LogP contribution >= 0.6 is 0 Å². The van der Waals surface area contributed by atoms with Crippen LogP contribution in [0.1, 0.15) is 48.8 Å². The Morgan fingerprint density at radius 2 is 1.86 bits per heavy atom. The molecule has 2 fully saturated rings. The highest BCUT2D eigenvalue weighted by Crippen LogP contribution is 2.39. The fourth-order valence-electron chi connectivity index (χ4n) is 3.42. The number of anilines is 2. The average molecular weight is 414 g/mol. The molecule has 1 saturated carbocycles. The first kappa shape index (κ1) is 19.7. The number of halogens is 5. The molecule has 11 heteroatoms. The first-order valence-corrected chi connectivity index (χ1v) is 9.26. The van der Waals surface area contributed by atoms with Crippen molar-refractivity contribution in [1.29, 1.82) is 0 Å². The van der Waals surface area contributed by atoms with E-state index in [1.165, 1.54) is 6.07 Å². The first-order valence-electron chi connectivity index (χ1n) is 9.26. The van der Waals surface area contributed by atoms with Crippen LogP contribution in [0.25, 0.3) is 0 Å². The zero-order valence-electron chi connectivity index (χ0n) is 15.6. The molecule has 0 amide bonds. The highest BCUT2D eigenvalue weighted by Gasteiger charge is 2.35. The van der Waals surface area contributed by atoms with Gasteiger partial charge in [0.1, 0.15) is 35.2 Å². The van der Waals surface area contributed by atoms with Crippen LogP contribution in [0.15, 0.2) is 18.5 Å². The van der Waals surface area contributed by atoms with E-state index in [0.29, 0.717) is 31.2 Å². The third-order valence-corrected chi connectivity index (χ3v) is 5.26. The molecule has 4 rings (SSSR count). The number of aromatic nitrogens is 4. The molecule has 2 aromatic heterocycles. The number of alkyl halides is 5. The third kappa shape index (κ3) is 4.23. The van der Waals surface area contributed by atoms with Gasteiger partial charge < -0.3 is 9.80 Å². The molecule has 6 nitrogen and oxygen atoms in total. The number of hydrogen-bond donors (Lipinski definition) is 0. The van der Waals surface area contributed by atoms with Crippen molar-refractivity contribution in [2.24, 2.45) is 0 Å². The Bertz CT molecular complexity index is 865. The molecular weight excluding hydrogens is 395 g/mol. The van der Waals surface area contributed by atoms with Gasteiger partial charge in [0, 0.05) is 44.2 Å². The van der Waals surface area contributed by atoms with Crippen molar-refractivity contribution >= 4 is 11.6 Å². The van der Waals surface area contributed by atoms with Crippen LogP contribution in [0.5, 0.6) is 0 Å². The molecule has 2 aromatic rings. The highest BCUT2D eigenvalue weighted by molar-refractivity contribution is 5.46. The fraction of sp³-hybridized carbons (Fsp3) is 0.556. The van der Waals surface area contributed by atoms with Crippen molar-refractivity contribution in [3.05, 3.63) is 35.7 Å². The predicted molar refractivity (Wildman–Crippen MR) is 95.0 cm³/mol. The van der Waals surface area contributed by atoms with Crippen LogP contribution in [-0.4, -0.2) is 46.1 Å². The predicted octanol–water partition coefficient (Wildman–Crippen LogP) is 3.82. The van der Waals surface area contributed by atoms with Gasteiger partial charge in [-0.2, -0.15) is 13.2 Å². The third-order valence-electron chi connectivity index (χ3n) is 5.26. The lowest BCUT2D eigenvalue weighted by Crippen LogP contribution is -2.35. The minimum absolute atomic E-state index is 0.135. The minimum Gasteiger partial charge on any atom is -0.355 e. The largest absolute Gasteiger partial charge is 0.433 e. The highest BCUT2D eigenvalue weighted by atomic mass is 19.4.